The van der Waals surface area contributed by atoms with Crippen LogP contribution in [-0.4, -0.2) is 5.88 Å². The summed E-state index contributed by atoms with van der Waals surface area (Å²) < 4.78 is 5.75. The molecule has 92 valence electrons. The summed E-state index contributed by atoms with van der Waals surface area (Å²) in [5, 5.41) is 0. The molecular weight excluding hydrogens is 244 g/mol. The molecule has 0 aliphatic rings. The molecule has 0 fully saturated rings. The van der Waals surface area contributed by atoms with E-state index in [0.29, 0.717) is 12.5 Å². The number of hydrogen-bond donors (Lipinski definition) is 0. The molecule has 0 radical (unpaired) electrons. The highest BCUT2D eigenvalue weighted by molar-refractivity contribution is 6.19. The third kappa shape index (κ3) is 3.94. The van der Waals surface area contributed by atoms with Crippen LogP contribution in [0.5, 0.6) is 5.75 Å². The molecule has 1 nitrogen and oxygen atoms in total. The van der Waals surface area contributed by atoms with Crippen LogP contribution in [-0.2, 0) is 6.61 Å². The maximum Gasteiger partial charge on any atom is 0.120 e. The number of halogens is 1. The minimum Gasteiger partial charge on any atom is -0.489 e. The minimum atomic E-state index is 0.523. The molecule has 0 aromatic heterocycles. The zero-order valence-corrected chi connectivity index (χ0v) is 10.8. The maximum absolute atomic E-state index is 5.75. The van der Waals surface area contributed by atoms with Crippen LogP contribution in [0, 0.1) is 0 Å². The zero-order valence-electron chi connectivity index (χ0n) is 10.1. The second-order valence-corrected chi connectivity index (χ2v) is 4.21. The normalized spacial score (nSPS) is 10.7. The fraction of sp³-hybridized carbons (Fsp3) is 0.125. The standard InChI is InChI=1S/C16H15ClO/c17-11-5-9-14-8-4-10-16(12-14)18-13-15-6-2-1-3-7-15/h1-10,12H,11,13H2. The van der Waals surface area contributed by atoms with Crippen molar-refractivity contribution >= 4 is 17.7 Å². The lowest BCUT2D eigenvalue weighted by Gasteiger charge is -2.06. The number of allylic oxidation sites excluding steroid dienone is 1. The lowest BCUT2D eigenvalue weighted by Crippen LogP contribution is -1.94. The molecule has 0 amide bonds. The topological polar surface area (TPSA) is 9.23 Å². The number of alkyl halides is 1. The van der Waals surface area contributed by atoms with Gasteiger partial charge in [0.25, 0.3) is 0 Å². The molecule has 0 bridgehead atoms. The van der Waals surface area contributed by atoms with Gasteiger partial charge in [0.15, 0.2) is 0 Å². The van der Waals surface area contributed by atoms with E-state index >= 15 is 0 Å². The van der Waals surface area contributed by atoms with Gasteiger partial charge in [-0.25, -0.2) is 0 Å². The Kier molecular flexibility index (Phi) is 4.86. The van der Waals surface area contributed by atoms with Crippen molar-refractivity contribution in [3.63, 3.8) is 0 Å². The molecule has 2 heteroatoms. The van der Waals surface area contributed by atoms with Crippen LogP contribution >= 0.6 is 11.6 Å². The molecule has 0 aliphatic carbocycles. The Bertz CT molecular complexity index is 506. The van der Waals surface area contributed by atoms with Gasteiger partial charge in [-0.2, -0.15) is 0 Å². The van der Waals surface area contributed by atoms with E-state index in [0.717, 1.165) is 11.3 Å². The highest BCUT2D eigenvalue weighted by Crippen LogP contribution is 2.16. The van der Waals surface area contributed by atoms with E-state index in [1.807, 2.05) is 54.6 Å². The molecule has 18 heavy (non-hydrogen) atoms. The van der Waals surface area contributed by atoms with Crippen LogP contribution in [0.3, 0.4) is 0 Å². The van der Waals surface area contributed by atoms with Gasteiger partial charge < -0.3 is 4.74 Å². The van der Waals surface area contributed by atoms with E-state index in [-0.39, 0.29) is 0 Å². The van der Waals surface area contributed by atoms with Crippen LogP contribution in [0.2, 0.25) is 0 Å². The molecule has 0 atom stereocenters. The van der Waals surface area contributed by atoms with E-state index in [1.165, 1.54) is 5.56 Å². The Morgan fingerprint density at radius 1 is 1.00 bits per heavy atom. The molecule has 2 rings (SSSR count). The van der Waals surface area contributed by atoms with Crippen LogP contribution in [0.25, 0.3) is 6.08 Å². The summed E-state index contributed by atoms with van der Waals surface area (Å²) >= 11 is 5.61. The minimum absolute atomic E-state index is 0.523. The predicted octanol–water partition coefficient (Wildman–Crippen LogP) is 4.52. The molecule has 0 unspecified atom stereocenters. The highest BCUT2D eigenvalue weighted by atomic mass is 35.5. The third-order valence-electron chi connectivity index (χ3n) is 2.51. The molecule has 0 saturated carbocycles. The second-order valence-electron chi connectivity index (χ2n) is 3.90. The van der Waals surface area contributed by atoms with Crippen molar-refractivity contribution in [1.29, 1.82) is 0 Å². The molecule has 0 spiro atoms. The first-order chi connectivity index (χ1) is 8.88. The summed E-state index contributed by atoms with van der Waals surface area (Å²) in [6.07, 6.45) is 3.90. The fourth-order valence-corrected chi connectivity index (χ4v) is 1.72. The summed E-state index contributed by atoms with van der Waals surface area (Å²) in [5.41, 5.74) is 2.26. The van der Waals surface area contributed by atoms with Gasteiger partial charge in [0.2, 0.25) is 0 Å². The van der Waals surface area contributed by atoms with Crippen molar-refractivity contribution in [2.75, 3.05) is 5.88 Å². The van der Waals surface area contributed by atoms with Gasteiger partial charge in [-0.15, -0.1) is 11.6 Å². The Hall–Kier alpha value is -1.73. The van der Waals surface area contributed by atoms with E-state index < -0.39 is 0 Å². The predicted molar refractivity (Wildman–Crippen MR) is 77.0 cm³/mol. The zero-order chi connectivity index (χ0) is 12.6. The lowest BCUT2D eigenvalue weighted by molar-refractivity contribution is 0.306. The van der Waals surface area contributed by atoms with E-state index in [1.54, 1.807) is 0 Å². The first-order valence-corrected chi connectivity index (χ1v) is 6.41. The van der Waals surface area contributed by atoms with E-state index in [4.69, 9.17) is 16.3 Å². The average Bonchev–Trinajstić information content (AvgIpc) is 2.44. The maximum atomic E-state index is 5.75. The number of hydrogen-bond acceptors (Lipinski definition) is 1. The van der Waals surface area contributed by atoms with Gasteiger partial charge >= 0.3 is 0 Å². The van der Waals surface area contributed by atoms with Crippen molar-refractivity contribution in [3.8, 4) is 5.75 Å². The van der Waals surface area contributed by atoms with E-state index in [9.17, 15) is 0 Å². The summed E-state index contributed by atoms with van der Waals surface area (Å²) in [5.74, 6) is 1.39. The smallest absolute Gasteiger partial charge is 0.120 e. The van der Waals surface area contributed by atoms with Crippen LogP contribution in [0.4, 0.5) is 0 Å². The summed E-state index contributed by atoms with van der Waals surface area (Å²) in [7, 11) is 0. The van der Waals surface area contributed by atoms with Gasteiger partial charge in [0.05, 0.1) is 0 Å². The number of ether oxygens (including phenoxy) is 1. The van der Waals surface area contributed by atoms with Gasteiger partial charge in [0.1, 0.15) is 12.4 Å². The Morgan fingerprint density at radius 3 is 2.61 bits per heavy atom. The first-order valence-electron chi connectivity index (χ1n) is 5.88. The van der Waals surface area contributed by atoms with Gasteiger partial charge in [-0.05, 0) is 23.3 Å². The molecule has 0 N–H and O–H groups in total. The molecular formula is C16H15ClO. The summed E-state index contributed by atoms with van der Waals surface area (Å²) in [6.45, 7) is 0.587. The third-order valence-corrected chi connectivity index (χ3v) is 2.68. The quantitative estimate of drug-likeness (QED) is 0.717. The van der Waals surface area contributed by atoms with Gasteiger partial charge in [-0.1, -0.05) is 54.6 Å². The van der Waals surface area contributed by atoms with Crippen molar-refractivity contribution in [2.24, 2.45) is 0 Å². The second kappa shape index (κ2) is 6.87. The van der Waals surface area contributed by atoms with Crippen molar-refractivity contribution in [2.45, 2.75) is 6.61 Å². The van der Waals surface area contributed by atoms with Crippen LogP contribution in [0.1, 0.15) is 11.1 Å². The summed E-state index contributed by atoms with van der Waals surface area (Å²) in [4.78, 5) is 0. The van der Waals surface area contributed by atoms with Crippen molar-refractivity contribution in [1.82, 2.24) is 0 Å². The van der Waals surface area contributed by atoms with Crippen molar-refractivity contribution in [3.05, 3.63) is 71.8 Å². The average molecular weight is 259 g/mol. The Labute approximate surface area is 113 Å². The fourth-order valence-electron chi connectivity index (χ4n) is 1.63. The van der Waals surface area contributed by atoms with Crippen molar-refractivity contribution < 1.29 is 4.74 Å². The lowest BCUT2D eigenvalue weighted by atomic mass is 10.2. The van der Waals surface area contributed by atoms with E-state index in [2.05, 4.69) is 12.1 Å². The molecule has 0 aliphatic heterocycles. The molecule has 0 saturated heterocycles. The SMILES string of the molecule is ClCC=Cc1cccc(OCc2ccccc2)c1. The van der Waals surface area contributed by atoms with Crippen LogP contribution in [0.15, 0.2) is 60.7 Å². The summed E-state index contributed by atoms with van der Waals surface area (Å²) in [6, 6.07) is 18.1. The Balaban J connectivity index is 1.99. The molecule has 2 aromatic carbocycles. The Morgan fingerprint density at radius 2 is 1.83 bits per heavy atom. The van der Waals surface area contributed by atoms with Gasteiger partial charge in [-0.3, -0.25) is 0 Å². The number of rotatable bonds is 5. The molecule has 0 heterocycles. The van der Waals surface area contributed by atoms with Gasteiger partial charge in [0, 0.05) is 5.88 Å². The first kappa shape index (κ1) is 12.7. The molecule has 2 aromatic rings. The van der Waals surface area contributed by atoms with Crippen LogP contribution < -0.4 is 4.74 Å². The largest absolute Gasteiger partial charge is 0.489 e. The number of benzene rings is 2. The monoisotopic (exact) mass is 258 g/mol. The highest BCUT2D eigenvalue weighted by Gasteiger charge is 1.96.